The molecule has 1 N–H and O–H groups in total. The number of carbonyl (C=O) groups excluding carboxylic acids is 1. The van der Waals surface area contributed by atoms with Crippen molar-refractivity contribution >= 4 is 17.6 Å². The van der Waals surface area contributed by atoms with E-state index < -0.39 is 6.10 Å². The number of nitrogens with zero attached hydrogens (tertiary/aromatic N) is 2. The molecule has 1 aromatic carbocycles. The zero-order valence-corrected chi connectivity index (χ0v) is 16.8. The number of esters is 1. The Bertz CT molecular complexity index is 743. The maximum atomic E-state index is 11.7. The van der Waals surface area contributed by atoms with Crippen molar-refractivity contribution < 1.29 is 19.4 Å². The number of benzene rings is 1. The molecule has 0 aliphatic rings. The molecule has 0 saturated heterocycles. The van der Waals surface area contributed by atoms with Gasteiger partial charge in [-0.2, -0.15) is 0 Å². The van der Waals surface area contributed by atoms with Gasteiger partial charge in [-0.05, 0) is 30.5 Å². The Labute approximate surface area is 165 Å². The lowest BCUT2D eigenvalue weighted by Gasteiger charge is -2.15. The molecule has 0 bridgehead atoms. The van der Waals surface area contributed by atoms with Crippen molar-refractivity contribution in [3.63, 3.8) is 0 Å². The predicted molar refractivity (Wildman–Crippen MR) is 104 cm³/mol. The minimum absolute atomic E-state index is 0.177. The van der Waals surface area contributed by atoms with Crippen molar-refractivity contribution in [3.05, 3.63) is 46.5 Å². The first-order valence-electron chi connectivity index (χ1n) is 9.22. The largest absolute Gasteiger partial charge is 0.479 e. The molecule has 0 aliphatic carbocycles. The number of aryl methyl sites for hydroxylation is 1. The van der Waals surface area contributed by atoms with E-state index in [2.05, 4.69) is 11.9 Å². The number of hydrogen-bond acceptors (Lipinski definition) is 5. The van der Waals surface area contributed by atoms with Crippen LogP contribution in [0, 0.1) is 0 Å². The third kappa shape index (κ3) is 5.47. The van der Waals surface area contributed by atoms with Crippen LogP contribution in [0.4, 0.5) is 0 Å². The minimum atomic E-state index is -0.614. The van der Waals surface area contributed by atoms with E-state index in [0.717, 1.165) is 30.7 Å². The molecule has 2 aromatic rings. The summed E-state index contributed by atoms with van der Waals surface area (Å²) >= 11 is 6.39. The Morgan fingerprint density at radius 3 is 2.56 bits per heavy atom. The Morgan fingerprint density at radius 2 is 2.00 bits per heavy atom. The van der Waals surface area contributed by atoms with Gasteiger partial charge in [0.25, 0.3) is 0 Å². The molecular weight excluding hydrogens is 368 g/mol. The fourth-order valence-electron chi connectivity index (χ4n) is 2.77. The highest BCUT2D eigenvalue weighted by atomic mass is 35.5. The van der Waals surface area contributed by atoms with E-state index in [1.807, 2.05) is 35.8 Å². The quantitative estimate of drug-likeness (QED) is 0.621. The van der Waals surface area contributed by atoms with Crippen molar-refractivity contribution in [2.24, 2.45) is 0 Å². The van der Waals surface area contributed by atoms with E-state index >= 15 is 0 Å². The topological polar surface area (TPSA) is 73.6 Å². The predicted octanol–water partition coefficient (Wildman–Crippen LogP) is 3.75. The minimum Gasteiger partial charge on any atom is -0.479 e. The van der Waals surface area contributed by atoms with Crippen LogP contribution < -0.4 is 4.74 Å². The standard InChI is InChI=1S/C20H27ClN2O4/c1-4-6-7-18-22-16(13-24)19(21)23(18)12-14-8-10-15(11-9-14)27-17(5-2)20(25)26-3/h8-11,17,24H,4-7,12-13H2,1-3H3. The van der Waals surface area contributed by atoms with E-state index in [1.54, 1.807) is 0 Å². The average molecular weight is 395 g/mol. The summed E-state index contributed by atoms with van der Waals surface area (Å²) in [5, 5.41) is 9.91. The Kier molecular flexibility index (Phi) is 8.13. The molecule has 0 spiro atoms. The summed E-state index contributed by atoms with van der Waals surface area (Å²) in [4.78, 5) is 16.1. The number of methoxy groups -OCH3 is 1. The molecular formula is C20H27ClN2O4. The molecule has 0 amide bonds. The lowest BCUT2D eigenvalue weighted by molar-refractivity contribution is -0.148. The molecule has 0 fully saturated rings. The summed E-state index contributed by atoms with van der Waals surface area (Å²) in [6.07, 6.45) is 2.80. The molecule has 1 atom stereocenters. The van der Waals surface area contributed by atoms with Gasteiger partial charge in [0, 0.05) is 6.42 Å². The molecule has 7 heteroatoms. The molecule has 1 unspecified atom stereocenters. The first-order chi connectivity index (χ1) is 13.0. The number of imidazole rings is 1. The van der Waals surface area contributed by atoms with Gasteiger partial charge in [-0.25, -0.2) is 9.78 Å². The third-order valence-electron chi connectivity index (χ3n) is 4.33. The second-order valence-corrected chi connectivity index (χ2v) is 6.65. The average Bonchev–Trinajstić information content (AvgIpc) is 3.00. The van der Waals surface area contributed by atoms with E-state index in [9.17, 15) is 9.90 Å². The number of ether oxygens (including phenoxy) is 2. The van der Waals surface area contributed by atoms with E-state index in [4.69, 9.17) is 21.1 Å². The van der Waals surface area contributed by atoms with Gasteiger partial charge < -0.3 is 19.1 Å². The Balaban J connectivity index is 2.14. The highest BCUT2D eigenvalue weighted by Crippen LogP contribution is 2.23. The molecule has 148 valence electrons. The van der Waals surface area contributed by atoms with Crippen LogP contribution in [-0.4, -0.2) is 33.8 Å². The molecule has 1 heterocycles. The SMILES string of the molecule is CCCCc1nc(CO)c(Cl)n1Cc1ccc(OC(CC)C(=O)OC)cc1. The fourth-order valence-corrected chi connectivity index (χ4v) is 3.03. The van der Waals surface area contributed by atoms with Crippen LogP contribution >= 0.6 is 11.6 Å². The van der Waals surface area contributed by atoms with E-state index in [1.165, 1.54) is 7.11 Å². The van der Waals surface area contributed by atoms with Crippen molar-refractivity contribution in [1.29, 1.82) is 0 Å². The van der Waals surface area contributed by atoms with Gasteiger partial charge in [0.2, 0.25) is 0 Å². The van der Waals surface area contributed by atoms with E-state index in [-0.39, 0.29) is 12.6 Å². The first kappa shape index (κ1) is 21.3. The van der Waals surface area contributed by atoms with Crippen LogP contribution in [0.2, 0.25) is 5.15 Å². The molecule has 0 saturated carbocycles. The monoisotopic (exact) mass is 394 g/mol. The van der Waals surface area contributed by atoms with Crippen molar-refractivity contribution in [3.8, 4) is 5.75 Å². The number of carbonyl (C=O) groups is 1. The normalized spacial score (nSPS) is 12.0. The van der Waals surface area contributed by atoms with Gasteiger partial charge in [-0.3, -0.25) is 0 Å². The summed E-state index contributed by atoms with van der Waals surface area (Å²) in [5.41, 5.74) is 1.53. The van der Waals surface area contributed by atoms with Gasteiger partial charge in [-0.15, -0.1) is 0 Å². The highest BCUT2D eigenvalue weighted by molar-refractivity contribution is 6.30. The molecule has 2 rings (SSSR count). The number of aliphatic hydroxyl groups excluding tert-OH is 1. The van der Waals surface area contributed by atoms with Crippen molar-refractivity contribution in [1.82, 2.24) is 9.55 Å². The fraction of sp³-hybridized carbons (Fsp3) is 0.500. The number of halogens is 1. The van der Waals surface area contributed by atoms with Crippen LogP contribution in [0.15, 0.2) is 24.3 Å². The number of unbranched alkanes of at least 4 members (excludes halogenated alkanes) is 1. The Morgan fingerprint density at radius 1 is 1.30 bits per heavy atom. The smallest absolute Gasteiger partial charge is 0.347 e. The molecule has 0 aliphatic heterocycles. The van der Waals surface area contributed by atoms with Crippen LogP contribution in [0.3, 0.4) is 0 Å². The van der Waals surface area contributed by atoms with Crippen LogP contribution in [0.5, 0.6) is 5.75 Å². The highest BCUT2D eigenvalue weighted by Gasteiger charge is 2.19. The molecule has 0 radical (unpaired) electrons. The van der Waals surface area contributed by atoms with Crippen molar-refractivity contribution in [2.45, 2.75) is 58.8 Å². The number of rotatable bonds is 10. The molecule has 6 nitrogen and oxygen atoms in total. The maximum Gasteiger partial charge on any atom is 0.347 e. The van der Waals surface area contributed by atoms with Gasteiger partial charge >= 0.3 is 5.97 Å². The van der Waals surface area contributed by atoms with Crippen LogP contribution in [0.25, 0.3) is 0 Å². The van der Waals surface area contributed by atoms with Crippen LogP contribution in [0.1, 0.15) is 50.2 Å². The molecule has 27 heavy (non-hydrogen) atoms. The van der Waals surface area contributed by atoms with Gasteiger partial charge in [0.15, 0.2) is 6.10 Å². The zero-order valence-electron chi connectivity index (χ0n) is 16.1. The summed E-state index contributed by atoms with van der Waals surface area (Å²) in [6.45, 7) is 4.37. The van der Waals surface area contributed by atoms with Crippen LogP contribution in [-0.2, 0) is 29.1 Å². The summed E-state index contributed by atoms with van der Waals surface area (Å²) in [6, 6.07) is 7.50. The van der Waals surface area contributed by atoms with E-state index in [0.29, 0.717) is 29.6 Å². The third-order valence-corrected chi connectivity index (χ3v) is 4.75. The summed E-state index contributed by atoms with van der Waals surface area (Å²) in [5.74, 6) is 1.10. The summed E-state index contributed by atoms with van der Waals surface area (Å²) in [7, 11) is 1.35. The lowest BCUT2D eigenvalue weighted by Crippen LogP contribution is -2.27. The second kappa shape index (κ2) is 10.3. The van der Waals surface area contributed by atoms with Gasteiger partial charge in [0.05, 0.1) is 20.3 Å². The second-order valence-electron chi connectivity index (χ2n) is 6.30. The zero-order chi connectivity index (χ0) is 19.8. The number of hydrogen-bond donors (Lipinski definition) is 1. The Hall–Kier alpha value is -2.05. The lowest BCUT2D eigenvalue weighted by atomic mass is 10.2. The van der Waals surface area contributed by atoms with Gasteiger partial charge in [0.1, 0.15) is 22.4 Å². The number of aromatic nitrogens is 2. The first-order valence-corrected chi connectivity index (χ1v) is 9.59. The maximum absolute atomic E-state index is 11.7. The van der Waals surface area contributed by atoms with Gasteiger partial charge in [-0.1, -0.05) is 44.0 Å². The van der Waals surface area contributed by atoms with Crippen molar-refractivity contribution in [2.75, 3.05) is 7.11 Å². The molecule has 1 aromatic heterocycles. The number of aliphatic hydroxyl groups is 1. The summed E-state index contributed by atoms with van der Waals surface area (Å²) < 4.78 is 12.4.